The summed E-state index contributed by atoms with van der Waals surface area (Å²) in [6.45, 7) is 8.36. The summed E-state index contributed by atoms with van der Waals surface area (Å²) in [7, 11) is -0.381. The van der Waals surface area contributed by atoms with Gasteiger partial charge in [0.1, 0.15) is 0 Å². The Morgan fingerprint density at radius 2 is 1.44 bits per heavy atom. The van der Waals surface area contributed by atoms with Crippen molar-refractivity contribution >= 4 is 45.3 Å². The normalized spacial score (nSPS) is 17.6. The van der Waals surface area contributed by atoms with Crippen molar-refractivity contribution < 1.29 is 9.31 Å². The first-order chi connectivity index (χ1) is 15.4. The first-order valence-corrected chi connectivity index (χ1v) is 11.1. The number of para-hydroxylation sites is 1. The zero-order valence-electron chi connectivity index (χ0n) is 18.8. The molecule has 3 heterocycles. The van der Waals surface area contributed by atoms with E-state index in [1.54, 1.807) is 0 Å². The van der Waals surface area contributed by atoms with Gasteiger partial charge in [0.25, 0.3) is 0 Å². The van der Waals surface area contributed by atoms with E-state index >= 15 is 0 Å². The van der Waals surface area contributed by atoms with E-state index in [4.69, 9.17) is 9.31 Å². The van der Waals surface area contributed by atoms with Crippen LogP contribution in [0.1, 0.15) is 27.7 Å². The van der Waals surface area contributed by atoms with Crippen LogP contribution in [0.25, 0.3) is 38.4 Å². The molecule has 5 heteroatoms. The maximum Gasteiger partial charge on any atom is 0.494 e. The smallest absolute Gasteiger partial charge is 0.399 e. The Balaban J connectivity index is 1.60. The third-order valence-corrected chi connectivity index (χ3v) is 7.09. The fourth-order valence-corrected chi connectivity index (χ4v) is 4.66. The Morgan fingerprint density at radius 1 is 0.719 bits per heavy atom. The molecule has 1 saturated heterocycles. The lowest BCUT2D eigenvalue weighted by atomic mass is 9.78. The van der Waals surface area contributed by atoms with E-state index < -0.39 is 0 Å². The van der Waals surface area contributed by atoms with Crippen LogP contribution in [0.2, 0.25) is 0 Å². The topological polar surface area (TPSA) is 36.3 Å². The van der Waals surface area contributed by atoms with Gasteiger partial charge in [-0.25, -0.2) is 0 Å². The van der Waals surface area contributed by atoms with Gasteiger partial charge in [0.2, 0.25) is 0 Å². The highest BCUT2D eigenvalue weighted by Crippen LogP contribution is 2.38. The molecule has 2 aromatic heterocycles. The van der Waals surface area contributed by atoms with Crippen LogP contribution in [-0.2, 0) is 9.31 Å². The van der Waals surface area contributed by atoms with Crippen LogP contribution in [0.4, 0.5) is 0 Å². The summed E-state index contributed by atoms with van der Waals surface area (Å²) < 4.78 is 15.0. The highest BCUT2D eigenvalue weighted by Gasteiger charge is 2.51. The van der Waals surface area contributed by atoms with Crippen LogP contribution in [-0.4, -0.2) is 27.9 Å². The van der Waals surface area contributed by atoms with Crippen molar-refractivity contribution in [3.8, 4) is 5.69 Å². The van der Waals surface area contributed by atoms with Crippen LogP contribution in [0.5, 0.6) is 0 Å². The lowest BCUT2D eigenvalue weighted by Crippen LogP contribution is -2.41. The monoisotopic (exact) mass is 420 g/mol. The number of pyridine rings is 1. The van der Waals surface area contributed by atoms with Gasteiger partial charge >= 0.3 is 7.12 Å². The summed E-state index contributed by atoms with van der Waals surface area (Å²) in [5.41, 5.74) is 4.76. The molecule has 0 radical (unpaired) electrons. The molecule has 0 atom stereocenters. The Hall–Kier alpha value is -3.15. The molecule has 0 N–H and O–H groups in total. The molecule has 6 rings (SSSR count). The first-order valence-electron chi connectivity index (χ1n) is 11.1. The quantitative estimate of drug-likeness (QED) is 0.347. The molecule has 0 unspecified atom stereocenters. The van der Waals surface area contributed by atoms with E-state index in [9.17, 15) is 0 Å². The Morgan fingerprint density at radius 3 is 2.25 bits per heavy atom. The fourth-order valence-electron chi connectivity index (χ4n) is 4.66. The largest absolute Gasteiger partial charge is 0.494 e. The maximum atomic E-state index is 6.32. The van der Waals surface area contributed by atoms with Gasteiger partial charge in [-0.1, -0.05) is 36.4 Å². The second-order valence-electron chi connectivity index (χ2n) is 9.56. The molecule has 158 valence electrons. The lowest BCUT2D eigenvalue weighted by Gasteiger charge is -2.32. The van der Waals surface area contributed by atoms with E-state index in [-0.39, 0.29) is 18.3 Å². The average molecular weight is 420 g/mol. The predicted octanol–water partition coefficient (Wildman–Crippen LogP) is 5.63. The highest BCUT2D eigenvalue weighted by molar-refractivity contribution is 6.62. The van der Waals surface area contributed by atoms with Gasteiger partial charge < -0.3 is 13.9 Å². The first kappa shape index (κ1) is 19.5. The zero-order valence-corrected chi connectivity index (χ0v) is 18.8. The van der Waals surface area contributed by atoms with Gasteiger partial charge in [-0.3, -0.25) is 4.98 Å². The van der Waals surface area contributed by atoms with Crippen molar-refractivity contribution in [2.45, 2.75) is 38.9 Å². The minimum Gasteiger partial charge on any atom is -0.399 e. The van der Waals surface area contributed by atoms with Crippen molar-refractivity contribution in [2.24, 2.45) is 0 Å². The lowest BCUT2D eigenvalue weighted by molar-refractivity contribution is 0.00578. The second kappa shape index (κ2) is 6.68. The SMILES string of the molecule is CC1(C)OB(c2ccc3c(c2)c2ccccc2n3-c2cccc3ncccc23)OC1(C)C. The molecule has 0 bridgehead atoms. The maximum absolute atomic E-state index is 6.32. The number of hydrogen-bond donors (Lipinski definition) is 0. The molecule has 32 heavy (non-hydrogen) atoms. The summed E-state index contributed by atoms with van der Waals surface area (Å²) >= 11 is 0. The van der Waals surface area contributed by atoms with E-state index in [0.29, 0.717) is 0 Å². The van der Waals surface area contributed by atoms with Crippen LogP contribution < -0.4 is 5.46 Å². The molecule has 0 amide bonds. The van der Waals surface area contributed by atoms with Crippen LogP contribution in [0.15, 0.2) is 79.0 Å². The fraction of sp³-hybridized carbons (Fsp3) is 0.222. The van der Waals surface area contributed by atoms with Crippen molar-refractivity contribution in [2.75, 3.05) is 0 Å². The predicted molar refractivity (Wildman–Crippen MR) is 132 cm³/mol. The van der Waals surface area contributed by atoms with E-state index in [1.807, 2.05) is 12.3 Å². The molecule has 3 aromatic carbocycles. The molecular formula is C27H25BN2O2. The number of fused-ring (bicyclic) bond motifs is 4. The number of nitrogens with zero attached hydrogens (tertiary/aromatic N) is 2. The van der Waals surface area contributed by atoms with Crippen molar-refractivity contribution in [3.05, 3.63) is 79.0 Å². The molecule has 0 saturated carbocycles. The molecule has 0 spiro atoms. The molecule has 0 aliphatic carbocycles. The Labute approximate surface area is 187 Å². The third-order valence-electron chi connectivity index (χ3n) is 7.09. The van der Waals surface area contributed by atoms with Gasteiger partial charge in [0, 0.05) is 22.4 Å². The van der Waals surface area contributed by atoms with E-state index in [1.165, 1.54) is 16.3 Å². The Kier molecular flexibility index (Phi) is 4.08. The summed E-state index contributed by atoms with van der Waals surface area (Å²) in [4.78, 5) is 4.56. The number of aromatic nitrogens is 2. The van der Waals surface area contributed by atoms with Crippen molar-refractivity contribution in [3.63, 3.8) is 0 Å². The average Bonchev–Trinajstić information content (AvgIpc) is 3.22. The van der Waals surface area contributed by atoms with E-state index in [0.717, 1.165) is 27.6 Å². The highest BCUT2D eigenvalue weighted by atomic mass is 16.7. The summed E-state index contributed by atoms with van der Waals surface area (Å²) in [5, 5.41) is 3.53. The molecule has 4 nitrogen and oxygen atoms in total. The number of hydrogen-bond acceptors (Lipinski definition) is 3. The molecule has 1 fully saturated rings. The number of rotatable bonds is 2. The van der Waals surface area contributed by atoms with Crippen molar-refractivity contribution in [1.82, 2.24) is 9.55 Å². The third kappa shape index (κ3) is 2.75. The van der Waals surface area contributed by atoms with Crippen LogP contribution in [0.3, 0.4) is 0 Å². The molecule has 1 aliphatic heterocycles. The Bertz CT molecular complexity index is 1480. The molecule has 1 aliphatic rings. The standard InChI is InChI=1S/C27H25BN2O2/c1-26(2)27(3,4)32-28(31-26)18-14-15-25-21(17-18)19-9-5-6-12-23(19)30(25)24-13-7-11-22-20(24)10-8-16-29-22/h5-17H,1-4H3. The van der Waals surface area contributed by atoms with Crippen LogP contribution >= 0.6 is 0 Å². The van der Waals surface area contributed by atoms with Gasteiger partial charge in [-0.05, 0) is 69.6 Å². The van der Waals surface area contributed by atoms with Crippen LogP contribution in [0, 0.1) is 0 Å². The van der Waals surface area contributed by atoms with Gasteiger partial charge in [-0.15, -0.1) is 0 Å². The van der Waals surface area contributed by atoms with Gasteiger partial charge in [0.05, 0.1) is 33.4 Å². The minimum absolute atomic E-state index is 0.365. The molecular weight excluding hydrogens is 395 g/mol. The zero-order chi connectivity index (χ0) is 22.1. The molecule has 5 aromatic rings. The second-order valence-corrected chi connectivity index (χ2v) is 9.56. The van der Waals surface area contributed by atoms with Gasteiger partial charge in [-0.2, -0.15) is 0 Å². The minimum atomic E-state index is -0.381. The summed E-state index contributed by atoms with van der Waals surface area (Å²) in [5.74, 6) is 0. The van der Waals surface area contributed by atoms with Crippen molar-refractivity contribution in [1.29, 1.82) is 0 Å². The van der Waals surface area contributed by atoms with Gasteiger partial charge in [0.15, 0.2) is 0 Å². The summed E-state index contributed by atoms with van der Waals surface area (Å²) in [6, 6.07) is 25.5. The number of benzene rings is 3. The van der Waals surface area contributed by atoms with E-state index in [2.05, 4.69) is 104 Å². The summed E-state index contributed by atoms with van der Waals surface area (Å²) in [6.07, 6.45) is 1.84.